The number of likely N-dealkylation sites (tertiary alicyclic amines) is 1. The first-order valence-electron chi connectivity index (χ1n) is 4.57. The molecule has 1 aliphatic heterocycles. The fourth-order valence-corrected chi connectivity index (χ4v) is 1.90. The second-order valence-electron chi connectivity index (χ2n) is 3.76. The van der Waals surface area contributed by atoms with Crippen LogP contribution in [0.4, 0.5) is 4.79 Å². The van der Waals surface area contributed by atoms with E-state index in [-0.39, 0.29) is 18.1 Å². The first kappa shape index (κ1) is 10.3. The predicted octanol–water partition coefficient (Wildman–Crippen LogP) is 0.702. The second-order valence-corrected chi connectivity index (χ2v) is 3.76. The van der Waals surface area contributed by atoms with Gasteiger partial charge < -0.3 is 14.7 Å². The molecule has 0 bridgehead atoms. The molecule has 1 heterocycles. The molecular weight excluding hydrogens is 170 g/mol. The number of aliphatic hydroxyl groups excluding tert-OH is 1. The molecule has 4 nitrogen and oxygen atoms in total. The smallest absolute Gasteiger partial charge is 0.409 e. The van der Waals surface area contributed by atoms with Gasteiger partial charge in [0.05, 0.1) is 13.2 Å². The molecule has 3 atom stereocenters. The largest absolute Gasteiger partial charge is 0.453 e. The Bertz CT molecular complexity index is 193. The Hall–Kier alpha value is -0.770. The molecule has 0 spiro atoms. The van der Waals surface area contributed by atoms with E-state index in [0.29, 0.717) is 19.0 Å². The maximum Gasteiger partial charge on any atom is 0.409 e. The molecule has 0 aromatic carbocycles. The Kier molecular flexibility index (Phi) is 3.14. The second kappa shape index (κ2) is 3.96. The van der Waals surface area contributed by atoms with Crippen molar-refractivity contribution in [3.05, 3.63) is 0 Å². The van der Waals surface area contributed by atoms with Gasteiger partial charge in [-0.25, -0.2) is 4.79 Å². The first-order valence-corrected chi connectivity index (χ1v) is 4.57. The number of nitrogens with zero attached hydrogens (tertiary/aromatic N) is 1. The van der Waals surface area contributed by atoms with Crippen molar-refractivity contribution in [2.45, 2.75) is 20.0 Å². The normalized spacial score (nSPS) is 30.3. The zero-order valence-corrected chi connectivity index (χ0v) is 8.36. The zero-order chi connectivity index (χ0) is 10.0. The molecule has 1 aliphatic rings. The van der Waals surface area contributed by atoms with E-state index in [4.69, 9.17) is 0 Å². The lowest BCUT2D eigenvalue weighted by Gasteiger charge is -2.16. The van der Waals surface area contributed by atoms with Crippen LogP contribution in [0.5, 0.6) is 0 Å². The minimum absolute atomic E-state index is 0.180. The Balaban J connectivity index is 2.54. The maximum absolute atomic E-state index is 11.1. The van der Waals surface area contributed by atoms with E-state index in [1.54, 1.807) is 11.8 Å². The summed E-state index contributed by atoms with van der Waals surface area (Å²) in [5.74, 6) is 0.526. The minimum Gasteiger partial charge on any atom is -0.453 e. The highest BCUT2D eigenvalue weighted by Crippen LogP contribution is 2.25. The predicted molar refractivity (Wildman–Crippen MR) is 48.3 cm³/mol. The molecule has 76 valence electrons. The van der Waals surface area contributed by atoms with Crippen LogP contribution in [0.15, 0.2) is 0 Å². The van der Waals surface area contributed by atoms with Gasteiger partial charge in [-0.3, -0.25) is 0 Å². The van der Waals surface area contributed by atoms with E-state index in [9.17, 15) is 9.90 Å². The Morgan fingerprint density at radius 3 is 2.62 bits per heavy atom. The van der Waals surface area contributed by atoms with E-state index in [2.05, 4.69) is 4.74 Å². The lowest BCUT2D eigenvalue weighted by atomic mass is 9.93. The molecule has 1 N–H and O–H groups in total. The molecule has 1 fully saturated rings. The molecule has 1 saturated heterocycles. The van der Waals surface area contributed by atoms with Crippen molar-refractivity contribution in [1.82, 2.24) is 4.90 Å². The fourth-order valence-electron chi connectivity index (χ4n) is 1.90. The van der Waals surface area contributed by atoms with E-state index in [0.717, 1.165) is 0 Å². The monoisotopic (exact) mass is 187 g/mol. The third-order valence-electron chi connectivity index (χ3n) is 2.72. The topological polar surface area (TPSA) is 49.8 Å². The number of aliphatic hydroxyl groups is 1. The summed E-state index contributed by atoms with van der Waals surface area (Å²) in [5.41, 5.74) is 0. The van der Waals surface area contributed by atoms with Gasteiger partial charge in [0.25, 0.3) is 0 Å². The number of amides is 1. The van der Waals surface area contributed by atoms with Crippen LogP contribution in [0.2, 0.25) is 0 Å². The molecule has 1 rings (SSSR count). The van der Waals surface area contributed by atoms with Crippen LogP contribution in [0.1, 0.15) is 13.8 Å². The van der Waals surface area contributed by atoms with Crippen LogP contribution in [0.3, 0.4) is 0 Å². The first-order chi connectivity index (χ1) is 6.06. The molecule has 0 saturated carbocycles. The van der Waals surface area contributed by atoms with E-state index >= 15 is 0 Å². The van der Waals surface area contributed by atoms with Gasteiger partial charge in [-0.05, 0) is 12.8 Å². The Labute approximate surface area is 78.5 Å². The maximum atomic E-state index is 11.1. The average Bonchev–Trinajstić information content (AvgIpc) is 2.46. The van der Waals surface area contributed by atoms with Gasteiger partial charge in [-0.2, -0.15) is 0 Å². The standard InChI is InChI=1S/C9H17NO3/c1-6-4-10(9(12)13-3)5-8(6)7(2)11/h6-8,11H,4-5H2,1-3H3. The van der Waals surface area contributed by atoms with Gasteiger partial charge in [0.1, 0.15) is 0 Å². The summed E-state index contributed by atoms with van der Waals surface area (Å²) < 4.78 is 4.62. The van der Waals surface area contributed by atoms with Gasteiger partial charge in [-0.15, -0.1) is 0 Å². The van der Waals surface area contributed by atoms with Crippen LogP contribution in [0.25, 0.3) is 0 Å². The lowest BCUT2D eigenvalue weighted by molar-refractivity contribution is 0.106. The van der Waals surface area contributed by atoms with Crippen molar-refractivity contribution in [2.75, 3.05) is 20.2 Å². The van der Waals surface area contributed by atoms with Gasteiger partial charge in [0.15, 0.2) is 0 Å². The molecule has 3 unspecified atom stereocenters. The number of hydrogen-bond donors (Lipinski definition) is 1. The SMILES string of the molecule is COC(=O)N1CC(C)C(C(C)O)C1. The van der Waals surface area contributed by atoms with Gasteiger partial charge in [0.2, 0.25) is 0 Å². The Morgan fingerprint density at radius 1 is 1.62 bits per heavy atom. The summed E-state index contributed by atoms with van der Waals surface area (Å²) in [4.78, 5) is 12.8. The molecule has 0 aromatic rings. The summed E-state index contributed by atoms with van der Waals surface area (Å²) in [7, 11) is 1.38. The van der Waals surface area contributed by atoms with Crippen LogP contribution in [0, 0.1) is 11.8 Å². The average molecular weight is 187 g/mol. The highest BCUT2D eigenvalue weighted by atomic mass is 16.5. The number of carbonyl (C=O) groups is 1. The summed E-state index contributed by atoms with van der Waals surface area (Å²) in [6, 6.07) is 0. The van der Waals surface area contributed by atoms with Crippen LogP contribution >= 0.6 is 0 Å². The molecule has 0 aromatic heterocycles. The number of methoxy groups -OCH3 is 1. The molecule has 4 heteroatoms. The van der Waals surface area contributed by atoms with Gasteiger partial charge in [0, 0.05) is 19.0 Å². The molecular formula is C9H17NO3. The van der Waals surface area contributed by atoms with Crippen LogP contribution < -0.4 is 0 Å². The molecule has 0 radical (unpaired) electrons. The van der Waals surface area contributed by atoms with Gasteiger partial charge >= 0.3 is 6.09 Å². The number of rotatable bonds is 1. The number of hydrogen-bond acceptors (Lipinski definition) is 3. The van der Waals surface area contributed by atoms with Crippen molar-refractivity contribution < 1.29 is 14.6 Å². The highest BCUT2D eigenvalue weighted by Gasteiger charge is 2.35. The quantitative estimate of drug-likeness (QED) is 0.657. The highest BCUT2D eigenvalue weighted by molar-refractivity contribution is 5.67. The third-order valence-corrected chi connectivity index (χ3v) is 2.72. The molecule has 0 aliphatic carbocycles. The number of carbonyl (C=O) groups excluding carboxylic acids is 1. The van der Waals surface area contributed by atoms with E-state index in [1.807, 2.05) is 6.92 Å². The van der Waals surface area contributed by atoms with Crippen molar-refractivity contribution in [1.29, 1.82) is 0 Å². The van der Waals surface area contributed by atoms with E-state index in [1.165, 1.54) is 7.11 Å². The summed E-state index contributed by atoms with van der Waals surface area (Å²) >= 11 is 0. The summed E-state index contributed by atoms with van der Waals surface area (Å²) in [6.45, 7) is 5.09. The van der Waals surface area contributed by atoms with Crippen molar-refractivity contribution in [3.8, 4) is 0 Å². The lowest BCUT2D eigenvalue weighted by Crippen LogP contribution is -2.30. The van der Waals surface area contributed by atoms with Crippen molar-refractivity contribution in [3.63, 3.8) is 0 Å². The summed E-state index contributed by atoms with van der Waals surface area (Å²) in [5, 5.41) is 9.42. The van der Waals surface area contributed by atoms with Gasteiger partial charge in [-0.1, -0.05) is 6.92 Å². The number of ether oxygens (including phenoxy) is 1. The molecule has 13 heavy (non-hydrogen) atoms. The van der Waals surface area contributed by atoms with Crippen molar-refractivity contribution in [2.24, 2.45) is 11.8 Å². The van der Waals surface area contributed by atoms with Crippen molar-refractivity contribution >= 4 is 6.09 Å². The minimum atomic E-state index is -0.357. The summed E-state index contributed by atoms with van der Waals surface area (Å²) in [6.07, 6.45) is -0.653. The van der Waals surface area contributed by atoms with Crippen LogP contribution in [-0.4, -0.2) is 42.4 Å². The fraction of sp³-hybridized carbons (Fsp3) is 0.889. The molecule has 1 amide bonds. The zero-order valence-electron chi connectivity index (χ0n) is 8.36. The third kappa shape index (κ3) is 2.12. The van der Waals surface area contributed by atoms with E-state index < -0.39 is 0 Å². The van der Waals surface area contributed by atoms with Crippen LogP contribution in [-0.2, 0) is 4.74 Å². The Morgan fingerprint density at radius 2 is 2.23 bits per heavy atom.